The number of likely N-dealkylation sites (N-methyl/N-ethyl adjacent to an activating group) is 1. The number of quaternary nitrogens is 1. The van der Waals surface area contributed by atoms with Crippen molar-refractivity contribution in [1.29, 1.82) is 0 Å². The van der Waals surface area contributed by atoms with Crippen LogP contribution in [0.1, 0.15) is 348 Å². The second kappa shape index (κ2) is 58.6. The van der Waals surface area contributed by atoms with E-state index < -0.39 is 20.0 Å². The molecule has 3 N–H and O–H groups in total. The summed E-state index contributed by atoms with van der Waals surface area (Å²) in [4.78, 5) is 23.4. The van der Waals surface area contributed by atoms with Gasteiger partial charge >= 0.3 is 7.82 Å². The summed E-state index contributed by atoms with van der Waals surface area (Å²) in [5.41, 5.74) is 0. The van der Waals surface area contributed by atoms with Crippen molar-refractivity contribution in [3.05, 3.63) is 24.3 Å². The SMILES string of the molecule is CCCCCCC/C=C\C/C=C\CCCCCCCCCCCCCCCCCCCCCCCCCCCCCC(=O)NC(COP(=O)(O)OCC[N+](C)(C)C)C(O)CCCCCCCCCCCCCCCCC. The molecule has 0 bridgehead atoms. The first-order valence-corrected chi connectivity index (χ1v) is 35.2. The van der Waals surface area contributed by atoms with Crippen LogP contribution in [-0.4, -0.2) is 73.4 Å². The highest BCUT2D eigenvalue weighted by Crippen LogP contribution is 2.43. The maximum absolute atomic E-state index is 13.0. The van der Waals surface area contributed by atoms with Crippen LogP contribution >= 0.6 is 7.82 Å². The third-order valence-corrected chi connectivity index (χ3v) is 16.7. The second-order valence-corrected chi connectivity index (χ2v) is 26.0. The van der Waals surface area contributed by atoms with Crippen LogP contribution in [0.25, 0.3) is 0 Å². The lowest BCUT2D eigenvalue weighted by Gasteiger charge is -2.26. The molecule has 3 atom stereocenters. The minimum Gasteiger partial charge on any atom is -0.391 e. The summed E-state index contributed by atoms with van der Waals surface area (Å²) in [6.45, 7) is 4.92. The lowest BCUT2D eigenvalue weighted by molar-refractivity contribution is -0.870. The van der Waals surface area contributed by atoms with Crippen LogP contribution in [0.5, 0.6) is 0 Å². The predicted molar refractivity (Wildman–Crippen MR) is 332 cm³/mol. The Bertz CT molecular complexity index is 1290. The fraction of sp³-hybridized carbons (Fsp3) is 0.925. The molecule has 8 nitrogen and oxygen atoms in total. The normalized spacial score (nSPS) is 13.8. The second-order valence-electron chi connectivity index (χ2n) is 24.6. The summed E-state index contributed by atoms with van der Waals surface area (Å²) in [7, 11) is 1.63. The number of carbonyl (C=O) groups excluding carboxylic acids is 1. The fourth-order valence-corrected chi connectivity index (χ4v) is 11.2. The summed E-state index contributed by atoms with van der Waals surface area (Å²) >= 11 is 0. The van der Waals surface area contributed by atoms with Gasteiger partial charge in [-0.3, -0.25) is 13.8 Å². The maximum atomic E-state index is 13.0. The lowest BCUT2D eigenvalue weighted by atomic mass is 10.0. The minimum absolute atomic E-state index is 0.0779. The van der Waals surface area contributed by atoms with E-state index in [1.165, 1.54) is 276 Å². The molecule has 9 heteroatoms. The Morgan fingerprint density at radius 2 is 0.750 bits per heavy atom. The highest BCUT2D eigenvalue weighted by atomic mass is 31.2. The summed E-state index contributed by atoms with van der Waals surface area (Å²) in [5, 5.41) is 14.1. The summed E-state index contributed by atoms with van der Waals surface area (Å²) in [6, 6.07) is -0.757. The fourth-order valence-electron chi connectivity index (χ4n) is 10.4. The molecule has 0 aromatic carbocycles. The van der Waals surface area contributed by atoms with Gasteiger partial charge in [0.25, 0.3) is 0 Å². The average molecular weight is 1090 g/mol. The van der Waals surface area contributed by atoms with E-state index in [-0.39, 0.29) is 19.1 Å². The van der Waals surface area contributed by atoms with Crippen molar-refractivity contribution in [3.8, 4) is 0 Å². The van der Waals surface area contributed by atoms with Crippen molar-refractivity contribution < 1.29 is 32.9 Å². The van der Waals surface area contributed by atoms with Crippen LogP contribution in [0.2, 0.25) is 0 Å². The number of amides is 1. The zero-order valence-corrected chi connectivity index (χ0v) is 52.7. The monoisotopic (exact) mass is 1090 g/mol. The molecule has 0 saturated heterocycles. The Kier molecular flexibility index (Phi) is 57.8. The molecule has 0 aromatic rings. The molecule has 0 spiro atoms. The van der Waals surface area contributed by atoms with E-state index in [2.05, 4.69) is 43.5 Å². The van der Waals surface area contributed by atoms with Crippen LogP contribution in [0, 0.1) is 0 Å². The van der Waals surface area contributed by atoms with Gasteiger partial charge in [-0.05, 0) is 44.9 Å². The molecule has 0 aliphatic rings. The largest absolute Gasteiger partial charge is 0.472 e. The summed E-state index contributed by atoms with van der Waals surface area (Å²) in [5.74, 6) is -0.137. The van der Waals surface area contributed by atoms with E-state index in [1.54, 1.807) is 0 Å². The van der Waals surface area contributed by atoms with E-state index in [9.17, 15) is 19.4 Å². The van der Waals surface area contributed by atoms with E-state index in [0.717, 1.165) is 44.9 Å². The number of hydrogen-bond donors (Lipinski definition) is 3. The van der Waals surface area contributed by atoms with Gasteiger partial charge in [-0.1, -0.05) is 321 Å². The number of nitrogens with one attached hydrogen (secondary N) is 1. The minimum atomic E-state index is -4.32. The highest BCUT2D eigenvalue weighted by Gasteiger charge is 2.28. The summed E-state index contributed by atoms with van der Waals surface area (Å²) in [6.07, 6.45) is 75.7. The average Bonchev–Trinajstić information content (AvgIpc) is 3.38. The molecule has 0 aromatic heterocycles. The molecular weight excluding hydrogens is 960 g/mol. The standard InChI is InChI=1S/C67H133N2O6P/c1-6-8-10-12-14-16-18-20-22-23-24-25-26-27-28-29-30-31-32-33-34-35-36-37-38-39-40-41-42-43-44-45-47-49-51-53-55-57-59-61-67(71)68-65(64-75-76(72,73)74-63-62-69(3,4)5)66(70)60-58-56-54-52-50-48-46-21-19-17-15-13-11-9-7-2/h18,20,23-24,65-66,70H,6-17,19,21-22,25-64H2,1-5H3,(H-,68,71,72,73)/p+1/b20-18-,24-23-. The van der Waals surface area contributed by atoms with Gasteiger partial charge in [-0.25, -0.2) is 4.57 Å². The molecular formula is C67H134N2O6P+. The summed E-state index contributed by atoms with van der Waals surface area (Å²) < 4.78 is 23.8. The predicted octanol–water partition coefficient (Wildman–Crippen LogP) is 21.1. The number of rotatable bonds is 63. The number of unbranched alkanes of at least 4 members (excludes halogenated alkanes) is 46. The molecule has 3 unspecified atom stereocenters. The third-order valence-electron chi connectivity index (χ3n) is 15.7. The first kappa shape index (κ1) is 75.0. The third kappa shape index (κ3) is 60.6. The molecule has 0 heterocycles. The van der Waals surface area contributed by atoms with E-state index in [0.29, 0.717) is 23.9 Å². The number of carbonyl (C=O) groups is 1. The van der Waals surface area contributed by atoms with Crippen molar-refractivity contribution in [2.45, 2.75) is 360 Å². The number of nitrogens with zero attached hydrogens (tertiary/aromatic N) is 1. The van der Waals surface area contributed by atoms with Gasteiger partial charge in [0, 0.05) is 6.42 Å². The van der Waals surface area contributed by atoms with Crippen LogP contribution in [0.4, 0.5) is 0 Å². The Hall–Kier alpha value is -1.02. The Balaban J connectivity index is 3.85. The Morgan fingerprint density at radius 1 is 0.447 bits per heavy atom. The Morgan fingerprint density at radius 3 is 1.08 bits per heavy atom. The highest BCUT2D eigenvalue weighted by molar-refractivity contribution is 7.47. The van der Waals surface area contributed by atoms with E-state index in [4.69, 9.17) is 9.05 Å². The van der Waals surface area contributed by atoms with Crippen LogP contribution < -0.4 is 5.32 Å². The molecule has 0 rings (SSSR count). The van der Waals surface area contributed by atoms with E-state index >= 15 is 0 Å². The zero-order valence-electron chi connectivity index (χ0n) is 51.8. The van der Waals surface area contributed by atoms with Crippen LogP contribution in [0.15, 0.2) is 24.3 Å². The number of aliphatic hydroxyl groups is 1. The lowest BCUT2D eigenvalue weighted by Crippen LogP contribution is -2.46. The molecule has 1 amide bonds. The number of phosphoric ester groups is 1. The topological polar surface area (TPSA) is 105 Å². The number of aliphatic hydroxyl groups excluding tert-OH is 1. The molecule has 0 aliphatic heterocycles. The number of allylic oxidation sites excluding steroid dienone is 4. The smallest absolute Gasteiger partial charge is 0.391 e. The molecule has 0 aliphatic carbocycles. The molecule has 76 heavy (non-hydrogen) atoms. The van der Waals surface area contributed by atoms with Crippen molar-refractivity contribution in [1.82, 2.24) is 5.32 Å². The van der Waals surface area contributed by atoms with Gasteiger partial charge in [0.2, 0.25) is 5.91 Å². The van der Waals surface area contributed by atoms with Crippen LogP contribution in [-0.2, 0) is 18.4 Å². The van der Waals surface area contributed by atoms with Gasteiger partial charge in [0.05, 0.1) is 39.9 Å². The first-order valence-electron chi connectivity index (χ1n) is 33.7. The maximum Gasteiger partial charge on any atom is 0.472 e. The van der Waals surface area contributed by atoms with Gasteiger partial charge in [0.1, 0.15) is 13.2 Å². The zero-order chi connectivity index (χ0) is 55.6. The van der Waals surface area contributed by atoms with Gasteiger partial charge in [0.15, 0.2) is 0 Å². The van der Waals surface area contributed by atoms with Crippen molar-refractivity contribution in [2.24, 2.45) is 0 Å². The van der Waals surface area contributed by atoms with Crippen molar-refractivity contribution in [3.63, 3.8) is 0 Å². The molecule has 0 saturated carbocycles. The molecule has 0 fully saturated rings. The van der Waals surface area contributed by atoms with Crippen molar-refractivity contribution >= 4 is 13.7 Å². The van der Waals surface area contributed by atoms with Crippen LogP contribution in [0.3, 0.4) is 0 Å². The quantitative estimate of drug-likeness (QED) is 0.0243. The Labute approximate surface area is 474 Å². The van der Waals surface area contributed by atoms with E-state index in [1.807, 2.05) is 21.1 Å². The number of hydrogen-bond acceptors (Lipinski definition) is 5. The molecule has 0 radical (unpaired) electrons. The van der Waals surface area contributed by atoms with Gasteiger partial charge in [-0.2, -0.15) is 0 Å². The van der Waals surface area contributed by atoms with Gasteiger partial charge in [-0.15, -0.1) is 0 Å². The number of phosphoric acid groups is 1. The first-order chi connectivity index (χ1) is 37.0. The van der Waals surface area contributed by atoms with Crippen molar-refractivity contribution in [2.75, 3.05) is 40.9 Å². The molecule has 452 valence electrons. The van der Waals surface area contributed by atoms with Gasteiger partial charge < -0.3 is 19.8 Å².